The normalized spacial score (nSPS) is 14.6. The van der Waals surface area contributed by atoms with Gasteiger partial charge in [0.05, 0.1) is 14.2 Å². The van der Waals surface area contributed by atoms with E-state index >= 15 is 0 Å². The van der Waals surface area contributed by atoms with Crippen LogP contribution in [0.4, 0.5) is 5.69 Å². The minimum absolute atomic E-state index is 0.122. The Kier molecular flexibility index (Phi) is 6.63. The van der Waals surface area contributed by atoms with Crippen LogP contribution in [0.5, 0.6) is 11.5 Å². The fraction of sp³-hybridized carbons (Fsp3) is 0.320. The highest BCUT2D eigenvalue weighted by atomic mass is 16.5. The number of anilines is 1. The Labute approximate surface area is 193 Å². The lowest BCUT2D eigenvalue weighted by Crippen LogP contribution is -2.51. The van der Waals surface area contributed by atoms with Crippen molar-refractivity contribution in [2.75, 3.05) is 45.3 Å². The molecule has 1 aromatic heterocycles. The van der Waals surface area contributed by atoms with E-state index in [1.165, 1.54) is 17.9 Å². The summed E-state index contributed by atoms with van der Waals surface area (Å²) < 4.78 is 11.9. The number of ether oxygens (including phenoxy) is 2. The Morgan fingerprint density at radius 2 is 1.61 bits per heavy atom. The Hall–Kier alpha value is -3.81. The molecule has 0 aliphatic carbocycles. The predicted molar refractivity (Wildman–Crippen MR) is 127 cm³/mol. The molecule has 1 aliphatic rings. The molecule has 8 nitrogen and oxygen atoms in total. The number of hydrogen-bond donors (Lipinski definition) is 0. The van der Waals surface area contributed by atoms with Crippen LogP contribution in [-0.2, 0) is 4.79 Å². The third-order valence-electron chi connectivity index (χ3n) is 5.94. The van der Waals surface area contributed by atoms with E-state index in [1.54, 1.807) is 18.9 Å². The van der Waals surface area contributed by atoms with E-state index in [1.807, 2.05) is 42.5 Å². The summed E-state index contributed by atoms with van der Waals surface area (Å²) in [6.45, 7) is 4.38. The SMILES string of the molecule is COc1ccc(-c2nn(C(C)C(=O)N3CCN(c4ccccc4)CC3)c(=O)cc2OC)cc1. The van der Waals surface area contributed by atoms with Crippen LogP contribution in [0.25, 0.3) is 11.3 Å². The molecule has 1 amide bonds. The number of nitrogens with zero attached hydrogens (tertiary/aromatic N) is 4. The number of amides is 1. The smallest absolute Gasteiger partial charge is 0.271 e. The highest BCUT2D eigenvalue weighted by Gasteiger charge is 2.28. The van der Waals surface area contributed by atoms with Crippen LogP contribution in [0.3, 0.4) is 0 Å². The quantitative estimate of drug-likeness (QED) is 0.577. The van der Waals surface area contributed by atoms with Crippen molar-refractivity contribution in [2.45, 2.75) is 13.0 Å². The first-order valence-electron chi connectivity index (χ1n) is 10.9. The topological polar surface area (TPSA) is 76.9 Å². The third-order valence-corrected chi connectivity index (χ3v) is 5.94. The number of methoxy groups -OCH3 is 2. The van der Waals surface area contributed by atoms with Gasteiger partial charge in [-0.25, -0.2) is 4.68 Å². The summed E-state index contributed by atoms with van der Waals surface area (Å²) in [6, 6.07) is 18.1. The van der Waals surface area contributed by atoms with Crippen molar-refractivity contribution in [1.29, 1.82) is 0 Å². The van der Waals surface area contributed by atoms with Crippen molar-refractivity contribution in [2.24, 2.45) is 0 Å². The maximum Gasteiger partial charge on any atom is 0.271 e. The van der Waals surface area contributed by atoms with Crippen LogP contribution in [0, 0.1) is 0 Å². The van der Waals surface area contributed by atoms with Crippen molar-refractivity contribution in [3.63, 3.8) is 0 Å². The van der Waals surface area contributed by atoms with Crippen molar-refractivity contribution in [3.05, 3.63) is 71.0 Å². The van der Waals surface area contributed by atoms with Gasteiger partial charge in [0.2, 0.25) is 5.91 Å². The summed E-state index contributed by atoms with van der Waals surface area (Å²) >= 11 is 0. The first-order valence-corrected chi connectivity index (χ1v) is 10.9. The molecule has 1 saturated heterocycles. The van der Waals surface area contributed by atoms with E-state index in [9.17, 15) is 9.59 Å². The molecule has 0 spiro atoms. The number of carbonyl (C=O) groups is 1. The predicted octanol–water partition coefficient (Wildman–Crippen LogP) is 2.84. The van der Waals surface area contributed by atoms with Gasteiger partial charge in [-0.3, -0.25) is 9.59 Å². The van der Waals surface area contributed by atoms with Crippen LogP contribution in [0.2, 0.25) is 0 Å². The number of carbonyl (C=O) groups excluding carboxylic acids is 1. The van der Waals surface area contributed by atoms with E-state index in [4.69, 9.17) is 9.47 Å². The molecule has 1 fully saturated rings. The number of hydrogen-bond acceptors (Lipinski definition) is 6. The average molecular weight is 449 g/mol. The van der Waals surface area contributed by atoms with Crippen LogP contribution in [0.1, 0.15) is 13.0 Å². The van der Waals surface area contributed by atoms with E-state index in [0.717, 1.165) is 24.3 Å². The molecular weight excluding hydrogens is 420 g/mol. The van der Waals surface area contributed by atoms with Gasteiger partial charge in [-0.1, -0.05) is 18.2 Å². The minimum Gasteiger partial charge on any atom is -0.497 e. The zero-order chi connectivity index (χ0) is 23.4. The Morgan fingerprint density at radius 1 is 0.939 bits per heavy atom. The van der Waals surface area contributed by atoms with Gasteiger partial charge >= 0.3 is 0 Å². The molecule has 0 bridgehead atoms. The van der Waals surface area contributed by atoms with Crippen molar-refractivity contribution in [1.82, 2.24) is 14.7 Å². The number of rotatable bonds is 6. The van der Waals surface area contributed by atoms with Gasteiger partial charge in [0, 0.05) is 43.5 Å². The maximum absolute atomic E-state index is 13.2. The molecule has 1 aliphatic heterocycles. The summed E-state index contributed by atoms with van der Waals surface area (Å²) in [5.41, 5.74) is 2.02. The van der Waals surface area contributed by atoms with Gasteiger partial charge in [0.25, 0.3) is 5.56 Å². The summed E-state index contributed by atoms with van der Waals surface area (Å²) in [6.07, 6.45) is 0. The first kappa shape index (κ1) is 22.4. The fourth-order valence-electron chi connectivity index (χ4n) is 4.03. The molecule has 1 atom stereocenters. The molecular formula is C25H28N4O4. The lowest BCUT2D eigenvalue weighted by molar-refractivity contribution is -0.135. The Bertz CT molecular complexity index is 1150. The lowest BCUT2D eigenvalue weighted by Gasteiger charge is -2.37. The summed E-state index contributed by atoms with van der Waals surface area (Å²) in [5, 5.41) is 4.53. The summed E-state index contributed by atoms with van der Waals surface area (Å²) in [5.74, 6) is 0.949. The Balaban J connectivity index is 1.54. The third kappa shape index (κ3) is 4.69. The molecule has 33 heavy (non-hydrogen) atoms. The average Bonchev–Trinajstić information content (AvgIpc) is 2.88. The van der Waals surface area contributed by atoms with E-state index < -0.39 is 6.04 Å². The van der Waals surface area contributed by atoms with Gasteiger partial charge in [-0.05, 0) is 43.3 Å². The van der Waals surface area contributed by atoms with Gasteiger partial charge in [0.1, 0.15) is 17.5 Å². The van der Waals surface area contributed by atoms with Crippen molar-refractivity contribution >= 4 is 11.6 Å². The molecule has 0 N–H and O–H groups in total. The lowest BCUT2D eigenvalue weighted by atomic mass is 10.1. The molecule has 2 aromatic carbocycles. The van der Waals surface area contributed by atoms with E-state index in [2.05, 4.69) is 22.1 Å². The number of para-hydroxylation sites is 1. The largest absolute Gasteiger partial charge is 0.497 e. The molecule has 4 rings (SSSR count). The Morgan fingerprint density at radius 3 is 2.21 bits per heavy atom. The highest BCUT2D eigenvalue weighted by Crippen LogP contribution is 2.28. The molecule has 0 radical (unpaired) electrons. The summed E-state index contributed by atoms with van der Waals surface area (Å²) in [4.78, 5) is 30.1. The van der Waals surface area contributed by atoms with E-state index in [0.29, 0.717) is 30.3 Å². The van der Waals surface area contributed by atoms with Crippen LogP contribution >= 0.6 is 0 Å². The molecule has 0 saturated carbocycles. The molecule has 2 heterocycles. The number of aromatic nitrogens is 2. The van der Waals surface area contributed by atoms with Gasteiger partial charge in [-0.2, -0.15) is 5.10 Å². The second kappa shape index (κ2) is 9.77. The standard InChI is InChI=1S/C25H28N4O4/c1-18(25(31)28-15-13-27(14-16-28)20-7-5-4-6-8-20)29-23(30)17-22(33-3)24(26-29)19-9-11-21(32-2)12-10-19/h4-12,17-18H,13-16H2,1-3H3. The monoisotopic (exact) mass is 448 g/mol. The molecule has 3 aromatic rings. The van der Waals surface area contributed by atoms with Crippen molar-refractivity contribution in [3.8, 4) is 22.8 Å². The van der Waals surface area contributed by atoms with Gasteiger partial charge in [0.15, 0.2) is 5.75 Å². The second-order valence-corrected chi connectivity index (χ2v) is 7.90. The van der Waals surface area contributed by atoms with Crippen LogP contribution in [0.15, 0.2) is 65.5 Å². The molecule has 1 unspecified atom stereocenters. The number of piperazine rings is 1. The first-order chi connectivity index (χ1) is 16.0. The van der Waals surface area contributed by atoms with Gasteiger partial charge in [-0.15, -0.1) is 0 Å². The summed E-state index contributed by atoms with van der Waals surface area (Å²) in [7, 11) is 3.09. The van der Waals surface area contributed by atoms with E-state index in [-0.39, 0.29) is 11.5 Å². The minimum atomic E-state index is -0.733. The van der Waals surface area contributed by atoms with Crippen LogP contribution in [-0.4, -0.2) is 61.0 Å². The number of benzene rings is 2. The molecule has 8 heteroatoms. The zero-order valence-corrected chi connectivity index (χ0v) is 19.1. The van der Waals surface area contributed by atoms with Crippen LogP contribution < -0.4 is 19.9 Å². The zero-order valence-electron chi connectivity index (χ0n) is 19.1. The fourth-order valence-corrected chi connectivity index (χ4v) is 4.03. The maximum atomic E-state index is 13.2. The highest BCUT2D eigenvalue weighted by molar-refractivity contribution is 5.80. The van der Waals surface area contributed by atoms with Gasteiger partial charge < -0.3 is 19.3 Å². The molecule has 172 valence electrons. The van der Waals surface area contributed by atoms with Crippen molar-refractivity contribution < 1.29 is 14.3 Å². The second-order valence-electron chi connectivity index (χ2n) is 7.90.